The van der Waals surface area contributed by atoms with Crippen LogP contribution in [0.1, 0.15) is 11.5 Å². The first kappa shape index (κ1) is 17.3. The summed E-state index contributed by atoms with van der Waals surface area (Å²) in [5, 5.41) is 3.86. The predicted molar refractivity (Wildman–Crippen MR) is 91.5 cm³/mol. The van der Waals surface area contributed by atoms with E-state index in [-0.39, 0.29) is 18.3 Å². The van der Waals surface area contributed by atoms with Gasteiger partial charge >= 0.3 is 5.97 Å². The molecule has 0 aliphatic heterocycles. The van der Waals surface area contributed by atoms with Gasteiger partial charge in [0.15, 0.2) is 6.61 Å². The minimum absolute atomic E-state index is 0.149. The minimum Gasteiger partial charge on any atom is -0.497 e. The minimum atomic E-state index is -0.574. The van der Waals surface area contributed by atoms with Gasteiger partial charge in [-0.25, -0.2) is 9.18 Å². The van der Waals surface area contributed by atoms with Crippen molar-refractivity contribution in [1.29, 1.82) is 0 Å². The van der Waals surface area contributed by atoms with E-state index in [2.05, 4.69) is 10.1 Å². The van der Waals surface area contributed by atoms with Crippen molar-refractivity contribution < 1.29 is 23.2 Å². The molecule has 0 spiro atoms. The maximum atomic E-state index is 12.8. The summed E-state index contributed by atoms with van der Waals surface area (Å²) in [7, 11) is 1.57. The Kier molecular flexibility index (Phi) is 5.38. The van der Waals surface area contributed by atoms with Crippen LogP contribution in [0.2, 0.25) is 0 Å². The molecule has 0 saturated carbocycles. The quantitative estimate of drug-likeness (QED) is 0.497. The van der Waals surface area contributed by atoms with Crippen molar-refractivity contribution in [3.8, 4) is 17.1 Å². The van der Waals surface area contributed by atoms with Gasteiger partial charge in [-0.3, -0.25) is 0 Å². The van der Waals surface area contributed by atoms with Crippen molar-refractivity contribution in [1.82, 2.24) is 10.1 Å². The fraction of sp³-hybridized carbons (Fsp3) is 0.105. The van der Waals surface area contributed by atoms with Crippen molar-refractivity contribution in [2.24, 2.45) is 0 Å². The van der Waals surface area contributed by atoms with Gasteiger partial charge in [-0.1, -0.05) is 29.4 Å². The van der Waals surface area contributed by atoms with Gasteiger partial charge in [0, 0.05) is 11.6 Å². The summed E-state index contributed by atoms with van der Waals surface area (Å²) in [6, 6.07) is 12.9. The largest absolute Gasteiger partial charge is 0.497 e. The molecule has 7 heteroatoms. The lowest BCUT2D eigenvalue weighted by Crippen LogP contribution is -2.01. The van der Waals surface area contributed by atoms with E-state index in [1.807, 2.05) is 12.1 Å². The normalized spacial score (nSPS) is 10.8. The van der Waals surface area contributed by atoms with Gasteiger partial charge in [-0.05, 0) is 35.9 Å². The smallest absolute Gasteiger partial charge is 0.331 e. The number of carbonyl (C=O) groups excluding carboxylic acids is 1. The Morgan fingerprint density at radius 2 is 2.04 bits per heavy atom. The lowest BCUT2D eigenvalue weighted by molar-refractivity contribution is -0.139. The van der Waals surface area contributed by atoms with Crippen molar-refractivity contribution in [2.75, 3.05) is 7.11 Å². The molecule has 0 fully saturated rings. The molecular weight excluding hydrogens is 339 g/mol. The topological polar surface area (TPSA) is 74.5 Å². The zero-order valence-electron chi connectivity index (χ0n) is 13.9. The Morgan fingerprint density at radius 3 is 2.81 bits per heavy atom. The number of esters is 1. The van der Waals surface area contributed by atoms with Gasteiger partial charge < -0.3 is 14.0 Å². The van der Waals surface area contributed by atoms with Crippen LogP contribution in [0.4, 0.5) is 4.39 Å². The van der Waals surface area contributed by atoms with Gasteiger partial charge in [0.25, 0.3) is 5.89 Å². The zero-order valence-corrected chi connectivity index (χ0v) is 13.9. The molecule has 0 amide bonds. The van der Waals surface area contributed by atoms with E-state index in [9.17, 15) is 9.18 Å². The molecule has 26 heavy (non-hydrogen) atoms. The molecule has 2 aromatic carbocycles. The molecule has 1 heterocycles. The summed E-state index contributed by atoms with van der Waals surface area (Å²) in [5.41, 5.74) is 1.41. The maximum Gasteiger partial charge on any atom is 0.331 e. The average Bonchev–Trinajstić information content (AvgIpc) is 3.15. The first-order valence-corrected chi connectivity index (χ1v) is 7.71. The standard InChI is InChI=1S/C19H15FN2O4/c1-24-16-4-2-3-14(11-16)19-21-17(26-22-19)12-25-18(23)10-7-13-5-8-15(20)9-6-13/h2-11H,12H2,1H3/b10-7+. The van der Waals surface area contributed by atoms with Crippen molar-refractivity contribution in [3.05, 3.63) is 71.9 Å². The Hall–Kier alpha value is -3.48. The highest BCUT2D eigenvalue weighted by atomic mass is 19.1. The number of ether oxygens (including phenoxy) is 2. The lowest BCUT2D eigenvalue weighted by Gasteiger charge is -2.00. The molecule has 0 N–H and O–H groups in total. The molecule has 0 aliphatic rings. The third-order valence-electron chi connectivity index (χ3n) is 3.42. The van der Waals surface area contributed by atoms with E-state index in [1.165, 1.54) is 24.3 Å². The number of carbonyl (C=O) groups is 1. The summed E-state index contributed by atoms with van der Waals surface area (Å²) < 4.78 is 28.1. The van der Waals surface area contributed by atoms with Crippen LogP contribution >= 0.6 is 0 Å². The number of hydrogen-bond acceptors (Lipinski definition) is 6. The highest BCUT2D eigenvalue weighted by Gasteiger charge is 2.10. The Bertz CT molecular complexity index is 919. The van der Waals surface area contributed by atoms with Gasteiger partial charge in [-0.2, -0.15) is 4.98 Å². The monoisotopic (exact) mass is 354 g/mol. The van der Waals surface area contributed by atoms with E-state index in [4.69, 9.17) is 14.0 Å². The number of hydrogen-bond donors (Lipinski definition) is 0. The highest BCUT2D eigenvalue weighted by Crippen LogP contribution is 2.21. The van der Waals surface area contributed by atoms with Crippen molar-refractivity contribution in [3.63, 3.8) is 0 Å². The van der Waals surface area contributed by atoms with Gasteiger partial charge in [0.05, 0.1) is 7.11 Å². The van der Waals surface area contributed by atoms with E-state index < -0.39 is 5.97 Å². The fourth-order valence-corrected chi connectivity index (χ4v) is 2.11. The second-order valence-corrected chi connectivity index (χ2v) is 5.24. The highest BCUT2D eigenvalue weighted by molar-refractivity contribution is 5.86. The van der Waals surface area contributed by atoms with Crippen LogP contribution < -0.4 is 4.74 Å². The second-order valence-electron chi connectivity index (χ2n) is 5.24. The molecule has 0 unspecified atom stereocenters. The maximum absolute atomic E-state index is 12.8. The van der Waals surface area contributed by atoms with Crippen LogP contribution in [0.3, 0.4) is 0 Å². The zero-order chi connectivity index (χ0) is 18.4. The summed E-state index contributed by atoms with van der Waals surface area (Å²) in [6.07, 6.45) is 2.77. The number of rotatable bonds is 6. The lowest BCUT2D eigenvalue weighted by atomic mass is 10.2. The number of nitrogens with zero attached hydrogens (tertiary/aromatic N) is 2. The summed E-state index contributed by atoms with van der Waals surface area (Å²) >= 11 is 0. The SMILES string of the molecule is COc1cccc(-c2noc(COC(=O)/C=C/c3ccc(F)cc3)n2)c1. The number of halogens is 1. The molecule has 0 saturated heterocycles. The van der Waals surface area contributed by atoms with E-state index >= 15 is 0 Å². The molecule has 0 aliphatic carbocycles. The van der Waals surface area contributed by atoms with Crippen molar-refractivity contribution >= 4 is 12.0 Å². The summed E-state index contributed by atoms with van der Waals surface area (Å²) in [5.74, 6) is 0.303. The van der Waals surface area contributed by atoms with E-state index in [0.29, 0.717) is 17.1 Å². The molecular formula is C19H15FN2O4. The van der Waals surface area contributed by atoms with Crippen molar-refractivity contribution in [2.45, 2.75) is 6.61 Å². The molecule has 6 nitrogen and oxygen atoms in total. The molecule has 3 rings (SSSR count). The molecule has 1 aromatic heterocycles. The Labute approximate surface area is 148 Å². The summed E-state index contributed by atoms with van der Waals surface area (Å²) in [4.78, 5) is 15.9. The van der Waals surface area contributed by atoms with Gasteiger partial charge in [0.1, 0.15) is 11.6 Å². The molecule has 132 valence electrons. The van der Waals surface area contributed by atoms with Crippen LogP contribution in [-0.2, 0) is 16.1 Å². The van der Waals surface area contributed by atoms with Crippen LogP contribution in [0.25, 0.3) is 17.5 Å². The number of aromatic nitrogens is 2. The van der Waals surface area contributed by atoms with Gasteiger partial charge in [-0.15, -0.1) is 0 Å². The Balaban J connectivity index is 1.57. The fourth-order valence-electron chi connectivity index (χ4n) is 2.11. The third-order valence-corrected chi connectivity index (χ3v) is 3.42. The van der Waals surface area contributed by atoms with Crippen LogP contribution in [-0.4, -0.2) is 23.2 Å². The average molecular weight is 354 g/mol. The Morgan fingerprint density at radius 1 is 1.23 bits per heavy atom. The third kappa shape index (κ3) is 4.54. The van der Waals surface area contributed by atoms with E-state index in [1.54, 1.807) is 31.4 Å². The van der Waals surface area contributed by atoms with Crippen LogP contribution in [0, 0.1) is 5.82 Å². The molecule has 3 aromatic rings. The van der Waals surface area contributed by atoms with E-state index in [0.717, 1.165) is 5.56 Å². The first-order valence-electron chi connectivity index (χ1n) is 7.71. The molecule has 0 bridgehead atoms. The number of methoxy groups -OCH3 is 1. The van der Waals surface area contributed by atoms with Crippen LogP contribution in [0.5, 0.6) is 5.75 Å². The first-order chi connectivity index (χ1) is 12.6. The molecule has 0 atom stereocenters. The predicted octanol–water partition coefficient (Wildman–Crippen LogP) is 3.64. The molecule has 0 radical (unpaired) electrons. The number of benzene rings is 2. The summed E-state index contributed by atoms with van der Waals surface area (Å²) in [6.45, 7) is -0.149. The second kappa shape index (κ2) is 8.06. The van der Waals surface area contributed by atoms with Crippen LogP contribution in [0.15, 0.2) is 59.1 Å². The van der Waals surface area contributed by atoms with Gasteiger partial charge in [0.2, 0.25) is 5.82 Å².